The molecule has 7 heteroatoms. The van der Waals surface area contributed by atoms with Crippen LogP contribution < -0.4 is 16.6 Å². The number of hydrogen-bond donors (Lipinski definition) is 1. The minimum Gasteiger partial charge on any atom is -0.324 e. The molecule has 0 aliphatic heterocycles. The molecule has 2 aromatic carbocycles. The van der Waals surface area contributed by atoms with Gasteiger partial charge in [0, 0.05) is 17.3 Å². The van der Waals surface area contributed by atoms with E-state index in [0.717, 1.165) is 24.8 Å². The van der Waals surface area contributed by atoms with Crippen molar-refractivity contribution in [2.75, 3.05) is 5.32 Å². The van der Waals surface area contributed by atoms with E-state index in [2.05, 4.69) is 12.2 Å². The molecule has 0 saturated heterocycles. The number of unbranched alkanes of at least 4 members (excludes halogenated alkanes) is 2. The fourth-order valence-electron chi connectivity index (χ4n) is 3.30. The molecule has 3 aromatic rings. The van der Waals surface area contributed by atoms with Gasteiger partial charge in [-0.25, -0.2) is 4.79 Å². The Labute approximate surface area is 173 Å². The fraction of sp³-hybridized carbons (Fsp3) is 0.318. The molecule has 152 valence electrons. The second kappa shape index (κ2) is 9.09. The third-order valence-electron chi connectivity index (χ3n) is 4.89. The SMILES string of the molecule is CCCCCn1c(=O)c2ccccc2n(CC(=O)Nc2cc(Cl)ccc2C)c1=O. The van der Waals surface area contributed by atoms with Gasteiger partial charge in [0.15, 0.2) is 0 Å². The molecular formula is C22H24ClN3O3. The maximum Gasteiger partial charge on any atom is 0.331 e. The van der Waals surface area contributed by atoms with Gasteiger partial charge in [-0.05, 0) is 43.2 Å². The number of para-hydroxylation sites is 1. The van der Waals surface area contributed by atoms with Gasteiger partial charge < -0.3 is 5.32 Å². The molecule has 1 amide bonds. The van der Waals surface area contributed by atoms with Gasteiger partial charge in [-0.1, -0.05) is 49.6 Å². The standard InChI is InChI=1S/C22H24ClN3O3/c1-3-4-7-12-25-21(28)17-8-5-6-9-19(17)26(22(25)29)14-20(27)24-18-13-16(23)11-10-15(18)2/h5-6,8-11,13H,3-4,7,12,14H2,1-2H3,(H,24,27). The van der Waals surface area contributed by atoms with Gasteiger partial charge in [0.25, 0.3) is 5.56 Å². The number of fused-ring (bicyclic) bond motifs is 1. The second-order valence-electron chi connectivity index (χ2n) is 7.06. The number of carbonyl (C=O) groups excluding carboxylic acids is 1. The van der Waals surface area contributed by atoms with Crippen molar-refractivity contribution in [1.82, 2.24) is 9.13 Å². The number of aromatic nitrogens is 2. The highest BCUT2D eigenvalue weighted by Gasteiger charge is 2.15. The Hall–Kier alpha value is -2.86. The zero-order valence-electron chi connectivity index (χ0n) is 16.6. The van der Waals surface area contributed by atoms with Gasteiger partial charge >= 0.3 is 5.69 Å². The van der Waals surface area contributed by atoms with Crippen LogP contribution >= 0.6 is 11.6 Å². The van der Waals surface area contributed by atoms with E-state index >= 15 is 0 Å². The first-order valence-corrected chi connectivity index (χ1v) is 10.1. The molecule has 1 heterocycles. The van der Waals surface area contributed by atoms with Crippen LogP contribution in [0.2, 0.25) is 5.02 Å². The van der Waals surface area contributed by atoms with Crippen molar-refractivity contribution in [3.8, 4) is 0 Å². The topological polar surface area (TPSA) is 73.1 Å². The number of benzene rings is 2. The predicted octanol–water partition coefficient (Wildman–Crippen LogP) is 3.95. The summed E-state index contributed by atoms with van der Waals surface area (Å²) in [7, 11) is 0. The van der Waals surface area contributed by atoms with Crippen molar-refractivity contribution in [2.24, 2.45) is 0 Å². The Morgan fingerprint density at radius 1 is 1.07 bits per heavy atom. The van der Waals surface area contributed by atoms with Gasteiger partial charge in [0.1, 0.15) is 6.54 Å². The molecule has 3 rings (SSSR count). The molecule has 0 aliphatic carbocycles. The van der Waals surface area contributed by atoms with Crippen LogP contribution in [-0.2, 0) is 17.9 Å². The van der Waals surface area contributed by atoms with E-state index in [0.29, 0.717) is 28.2 Å². The number of carbonyl (C=O) groups is 1. The summed E-state index contributed by atoms with van der Waals surface area (Å²) < 4.78 is 2.59. The summed E-state index contributed by atoms with van der Waals surface area (Å²) in [5, 5.41) is 3.75. The van der Waals surface area contributed by atoms with Gasteiger partial charge in [0.2, 0.25) is 5.91 Å². The molecule has 0 saturated carbocycles. The Balaban J connectivity index is 1.99. The molecule has 0 fully saturated rings. The van der Waals surface area contributed by atoms with E-state index in [9.17, 15) is 14.4 Å². The molecule has 0 unspecified atom stereocenters. The van der Waals surface area contributed by atoms with Crippen LogP contribution in [0.1, 0.15) is 31.7 Å². The molecule has 6 nitrogen and oxygen atoms in total. The van der Waals surface area contributed by atoms with Gasteiger partial charge in [0.05, 0.1) is 10.9 Å². The van der Waals surface area contributed by atoms with Crippen molar-refractivity contribution in [2.45, 2.75) is 46.2 Å². The third-order valence-corrected chi connectivity index (χ3v) is 5.13. The quantitative estimate of drug-likeness (QED) is 0.596. The van der Waals surface area contributed by atoms with Crippen LogP contribution in [0.3, 0.4) is 0 Å². The van der Waals surface area contributed by atoms with Crippen LogP contribution in [-0.4, -0.2) is 15.0 Å². The maximum absolute atomic E-state index is 13.0. The molecule has 0 bridgehead atoms. The number of nitrogens with one attached hydrogen (secondary N) is 1. The molecule has 0 atom stereocenters. The zero-order valence-corrected chi connectivity index (χ0v) is 17.3. The van der Waals surface area contributed by atoms with Crippen LogP contribution in [0, 0.1) is 6.92 Å². The second-order valence-corrected chi connectivity index (χ2v) is 7.49. The first kappa shape index (κ1) is 20.9. The summed E-state index contributed by atoms with van der Waals surface area (Å²) >= 11 is 6.02. The smallest absolute Gasteiger partial charge is 0.324 e. The van der Waals surface area contributed by atoms with Crippen molar-refractivity contribution < 1.29 is 4.79 Å². The zero-order chi connectivity index (χ0) is 21.0. The highest BCUT2D eigenvalue weighted by molar-refractivity contribution is 6.31. The lowest BCUT2D eigenvalue weighted by Gasteiger charge is -2.15. The number of rotatable bonds is 7. The average molecular weight is 414 g/mol. The average Bonchev–Trinajstić information content (AvgIpc) is 2.70. The highest BCUT2D eigenvalue weighted by atomic mass is 35.5. The molecule has 29 heavy (non-hydrogen) atoms. The van der Waals surface area contributed by atoms with E-state index in [1.54, 1.807) is 36.4 Å². The molecule has 1 aromatic heterocycles. The Kier molecular flexibility index (Phi) is 6.54. The molecule has 0 spiro atoms. The predicted molar refractivity (Wildman–Crippen MR) is 117 cm³/mol. The number of nitrogens with zero attached hydrogens (tertiary/aromatic N) is 2. The highest BCUT2D eigenvalue weighted by Crippen LogP contribution is 2.20. The van der Waals surface area contributed by atoms with Gasteiger partial charge in [-0.2, -0.15) is 0 Å². The lowest BCUT2D eigenvalue weighted by molar-refractivity contribution is -0.116. The monoisotopic (exact) mass is 413 g/mol. The third kappa shape index (κ3) is 4.59. The lowest BCUT2D eigenvalue weighted by atomic mass is 10.2. The van der Waals surface area contributed by atoms with Crippen LogP contribution in [0.4, 0.5) is 5.69 Å². The van der Waals surface area contributed by atoms with Crippen molar-refractivity contribution in [1.29, 1.82) is 0 Å². The number of hydrogen-bond acceptors (Lipinski definition) is 3. The molecule has 1 N–H and O–H groups in total. The first-order chi connectivity index (χ1) is 13.9. The Morgan fingerprint density at radius 3 is 2.59 bits per heavy atom. The van der Waals surface area contributed by atoms with Crippen LogP contribution in [0.15, 0.2) is 52.1 Å². The van der Waals surface area contributed by atoms with Gasteiger partial charge in [-0.15, -0.1) is 0 Å². The molecule has 0 radical (unpaired) electrons. The van der Waals surface area contributed by atoms with Crippen molar-refractivity contribution >= 4 is 34.1 Å². The summed E-state index contributed by atoms with van der Waals surface area (Å²) in [6, 6.07) is 12.1. The van der Waals surface area contributed by atoms with E-state index in [1.165, 1.54) is 9.13 Å². The maximum atomic E-state index is 13.0. The summed E-state index contributed by atoms with van der Waals surface area (Å²) in [6.45, 7) is 4.07. The van der Waals surface area contributed by atoms with Crippen molar-refractivity contribution in [3.05, 3.63) is 73.9 Å². The minimum absolute atomic E-state index is 0.195. The van der Waals surface area contributed by atoms with Crippen LogP contribution in [0.25, 0.3) is 10.9 Å². The minimum atomic E-state index is -0.470. The summed E-state index contributed by atoms with van der Waals surface area (Å²) in [5.74, 6) is -0.360. The number of aryl methyl sites for hydroxylation is 1. The summed E-state index contributed by atoms with van der Waals surface area (Å²) in [4.78, 5) is 38.5. The number of halogens is 1. The summed E-state index contributed by atoms with van der Waals surface area (Å²) in [6.07, 6.45) is 2.64. The molecular weight excluding hydrogens is 390 g/mol. The van der Waals surface area contributed by atoms with E-state index < -0.39 is 5.69 Å². The number of amides is 1. The Morgan fingerprint density at radius 2 is 1.83 bits per heavy atom. The number of anilines is 1. The van der Waals surface area contributed by atoms with Crippen LogP contribution in [0.5, 0.6) is 0 Å². The first-order valence-electron chi connectivity index (χ1n) is 9.70. The largest absolute Gasteiger partial charge is 0.331 e. The molecule has 0 aliphatic rings. The van der Waals surface area contributed by atoms with E-state index in [4.69, 9.17) is 11.6 Å². The van der Waals surface area contributed by atoms with Crippen molar-refractivity contribution in [3.63, 3.8) is 0 Å². The Bertz CT molecular complexity index is 1160. The van der Waals surface area contributed by atoms with E-state index in [1.807, 2.05) is 13.0 Å². The fourth-order valence-corrected chi connectivity index (χ4v) is 3.48. The lowest BCUT2D eigenvalue weighted by Crippen LogP contribution is -2.41. The summed E-state index contributed by atoms with van der Waals surface area (Å²) in [5.41, 5.74) is 1.12. The van der Waals surface area contributed by atoms with Gasteiger partial charge in [-0.3, -0.25) is 18.7 Å². The normalized spacial score (nSPS) is 11.0. The van der Waals surface area contributed by atoms with E-state index in [-0.39, 0.29) is 18.0 Å².